The van der Waals surface area contributed by atoms with Gasteiger partial charge in [0.15, 0.2) is 11.4 Å². The summed E-state index contributed by atoms with van der Waals surface area (Å²) in [6.45, 7) is 8.04. The van der Waals surface area contributed by atoms with Gasteiger partial charge >= 0.3 is 0 Å². The molecule has 2 N–H and O–H groups in total. The summed E-state index contributed by atoms with van der Waals surface area (Å²) in [4.78, 5) is 12.5. The number of carbonyl (C=O) groups is 1. The highest BCUT2D eigenvalue weighted by atomic mass is 32.2. The van der Waals surface area contributed by atoms with Crippen LogP contribution in [0.3, 0.4) is 0 Å². The monoisotopic (exact) mass is 448 g/mol. The summed E-state index contributed by atoms with van der Waals surface area (Å²) in [7, 11) is -2.79. The summed E-state index contributed by atoms with van der Waals surface area (Å²) in [5.41, 5.74) is -0.310. The lowest BCUT2D eigenvalue weighted by atomic mass is 10.1. The van der Waals surface area contributed by atoms with Gasteiger partial charge in [-0.05, 0) is 18.2 Å². The number of aliphatic hydroxyl groups is 1. The van der Waals surface area contributed by atoms with Crippen LogP contribution in [0.1, 0.15) is 23.0 Å². The molecule has 0 saturated heterocycles. The van der Waals surface area contributed by atoms with E-state index in [1.54, 1.807) is 13.0 Å². The molecule has 0 spiro atoms. The van der Waals surface area contributed by atoms with E-state index in [0.717, 1.165) is 18.3 Å². The van der Waals surface area contributed by atoms with Crippen molar-refractivity contribution in [1.29, 1.82) is 5.26 Å². The van der Waals surface area contributed by atoms with E-state index < -0.39 is 33.8 Å². The fourth-order valence-electron chi connectivity index (χ4n) is 2.66. The summed E-state index contributed by atoms with van der Waals surface area (Å²) in [5, 5.41) is 21.3. The van der Waals surface area contributed by atoms with Crippen molar-refractivity contribution in [2.45, 2.75) is 17.9 Å². The third-order valence-electron chi connectivity index (χ3n) is 4.43. The summed E-state index contributed by atoms with van der Waals surface area (Å²) < 4.78 is 48.1. The molecule has 0 saturated carbocycles. The van der Waals surface area contributed by atoms with Crippen LogP contribution >= 0.6 is 0 Å². The molecule has 0 fully saturated rings. The van der Waals surface area contributed by atoms with Crippen molar-refractivity contribution in [3.05, 3.63) is 54.1 Å². The molecule has 0 aliphatic rings. The molecule has 1 amide bonds. The Labute approximate surface area is 179 Å². The zero-order valence-electron chi connectivity index (χ0n) is 16.9. The Kier molecular flexibility index (Phi) is 7.32. The van der Waals surface area contributed by atoms with Gasteiger partial charge in [-0.15, -0.1) is 6.58 Å². The van der Waals surface area contributed by atoms with Gasteiger partial charge < -0.3 is 19.7 Å². The number of hydrogen-bond acceptors (Lipinski definition) is 6. The van der Waals surface area contributed by atoms with E-state index in [2.05, 4.69) is 23.0 Å². The Hall–Kier alpha value is -3.49. The van der Waals surface area contributed by atoms with Gasteiger partial charge in [0.25, 0.3) is 15.9 Å². The molecule has 1 unspecified atom stereocenters. The number of nitriles is 1. The molecule has 0 bridgehead atoms. The van der Waals surface area contributed by atoms with Gasteiger partial charge in [-0.25, -0.2) is 4.39 Å². The lowest BCUT2D eigenvalue weighted by Gasteiger charge is -2.17. The minimum Gasteiger partial charge on any atom is -0.489 e. The minimum atomic E-state index is -4.21. The van der Waals surface area contributed by atoms with Crippen LogP contribution < -0.4 is 10.1 Å². The number of aromatic nitrogens is 1. The molecule has 1 heterocycles. The number of sulfonamides is 1. The maximum absolute atomic E-state index is 13.5. The molecule has 0 radical (unpaired) electrons. The first-order valence-corrected chi connectivity index (χ1v) is 10.4. The van der Waals surface area contributed by atoms with Crippen LogP contribution in [0.5, 0.6) is 5.75 Å². The lowest BCUT2D eigenvalue weighted by Crippen LogP contribution is -2.23. The molecular weight excluding hydrogens is 427 g/mol. The number of amides is 1. The average Bonchev–Trinajstić information content (AvgIpc) is 3.09. The maximum Gasteiger partial charge on any atom is 0.286 e. The number of nitrogens with one attached hydrogen (secondary N) is 1. The number of rotatable bonds is 9. The molecule has 0 aliphatic carbocycles. The molecular formula is C20H21FN4O5S. The van der Waals surface area contributed by atoms with Gasteiger partial charge in [-0.2, -0.15) is 18.1 Å². The highest BCUT2D eigenvalue weighted by Crippen LogP contribution is 2.32. The van der Waals surface area contributed by atoms with Crippen LogP contribution in [0.4, 0.5) is 10.1 Å². The van der Waals surface area contributed by atoms with Crippen LogP contribution in [-0.2, 0) is 17.1 Å². The van der Waals surface area contributed by atoms with Gasteiger partial charge in [0, 0.05) is 31.6 Å². The van der Waals surface area contributed by atoms with Crippen molar-refractivity contribution in [2.75, 3.05) is 11.9 Å². The predicted molar refractivity (Wildman–Crippen MR) is 112 cm³/mol. The van der Waals surface area contributed by atoms with Gasteiger partial charge in [0.1, 0.15) is 16.8 Å². The van der Waals surface area contributed by atoms with E-state index in [4.69, 9.17) is 10.00 Å². The summed E-state index contributed by atoms with van der Waals surface area (Å²) in [6, 6.07) is 5.08. The Morgan fingerprint density at radius 2 is 2.19 bits per heavy atom. The first-order valence-electron chi connectivity index (χ1n) is 8.92. The average molecular weight is 448 g/mol. The predicted octanol–water partition coefficient (Wildman–Crippen LogP) is 2.24. The molecule has 2 atom stereocenters. The largest absolute Gasteiger partial charge is 0.489 e. The number of aryl methyl sites for hydroxylation is 1. The molecule has 9 nitrogen and oxygen atoms in total. The highest BCUT2D eigenvalue weighted by Gasteiger charge is 2.30. The molecule has 0 aliphatic heterocycles. The van der Waals surface area contributed by atoms with E-state index >= 15 is 0 Å². The van der Waals surface area contributed by atoms with Crippen molar-refractivity contribution in [3.8, 4) is 11.8 Å². The molecule has 1 aromatic heterocycles. The Morgan fingerprint density at radius 1 is 1.52 bits per heavy atom. The number of halogens is 1. The van der Waals surface area contributed by atoms with Crippen LogP contribution in [0.25, 0.3) is 0 Å². The summed E-state index contributed by atoms with van der Waals surface area (Å²) in [5.74, 6) is -2.26. The number of carbonyl (C=O) groups excluding carboxylic acids is 1. The van der Waals surface area contributed by atoms with Crippen LogP contribution in [0.15, 0.2) is 46.3 Å². The van der Waals surface area contributed by atoms with Crippen molar-refractivity contribution in [3.63, 3.8) is 0 Å². The van der Waals surface area contributed by atoms with E-state index in [1.807, 2.05) is 0 Å². The van der Waals surface area contributed by atoms with Crippen molar-refractivity contribution < 1.29 is 27.4 Å². The van der Waals surface area contributed by atoms with Gasteiger partial charge in [0.2, 0.25) is 0 Å². The summed E-state index contributed by atoms with van der Waals surface area (Å²) in [6.07, 6.45) is 1.53. The molecule has 2 rings (SSSR count). The van der Waals surface area contributed by atoms with Gasteiger partial charge in [-0.3, -0.25) is 4.79 Å². The molecule has 31 heavy (non-hydrogen) atoms. The molecule has 11 heteroatoms. The van der Waals surface area contributed by atoms with Crippen LogP contribution in [-0.4, -0.2) is 43.4 Å². The third kappa shape index (κ3) is 5.17. The zero-order chi connectivity index (χ0) is 23.3. The van der Waals surface area contributed by atoms with E-state index in [0.29, 0.717) is 0 Å². The van der Waals surface area contributed by atoms with Gasteiger partial charge in [-0.1, -0.05) is 13.0 Å². The van der Waals surface area contributed by atoms with Gasteiger partial charge in [0.05, 0.1) is 18.3 Å². The van der Waals surface area contributed by atoms with Crippen molar-refractivity contribution in [2.24, 2.45) is 17.4 Å². The summed E-state index contributed by atoms with van der Waals surface area (Å²) >= 11 is 0. The lowest BCUT2D eigenvalue weighted by molar-refractivity contribution is 0.100. The smallest absolute Gasteiger partial charge is 0.286 e. The number of ether oxygens (including phenoxy) is 1. The minimum absolute atomic E-state index is 0.122. The number of aliphatic hydroxyl groups excluding tert-OH is 1. The number of hydrogen-bond donors (Lipinski definition) is 2. The second-order valence-corrected chi connectivity index (χ2v) is 8.31. The zero-order valence-corrected chi connectivity index (χ0v) is 17.7. The van der Waals surface area contributed by atoms with Crippen LogP contribution in [0.2, 0.25) is 0 Å². The normalized spacial score (nSPS) is 13.0. The number of benzene rings is 1. The first-order chi connectivity index (χ1) is 14.5. The Morgan fingerprint density at radius 3 is 2.77 bits per heavy atom. The standard InChI is InChI=1S/C20H21FN4O5S/c1-5-16(26)12(2)11-30-19-17(31(28,29)23-3)10-25(4)18(19)20(27)24-14-6-7-15(21)13(8-14)9-22/h5-8,10,12,16,26H,1,3,11H2,2,4H3,(H,24,27)/t12?,16-/m0/s1. The van der Waals surface area contributed by atoms with Crippen LogP contribution in [0, 0.1) is 23.1 Å². The van der Waals surface area contributed by atoms with E-state index in [1.165, 1.54) is 23.8 Å². The van der Waals surface area contributed by atoms with E-state index in [9.17, 15) is 22.7 Å². The highest BCUT2D eigenvalue weighted by molar-refractivity contribution is 7.90. The molecule has 1 aromatic carbocycles. The molecule has 2 aromatic rings. The second-order valence-electron chi connectivity index (χ2n) is 6.66. The third-order valence-corrected chi connectivity index (χ3v) is 5.61. The van der Waals surface area contributed by atoms with Crippen molar-refractivity contribution in [1.82, 2.24) is 4.57 Å². The van der Waals surface area contributed by atoms with E-state index in [-0.39, 0.29) is 34.2 Å². The second kappa shape index (κ2) is 9.55. The Bertz CT molecular complexity index is 1170. The quantitative estimate of drug-likeness (QED) is 0.446. The fraction of sp³-hybridized carbons (Fsp3) is 0.250. The number of nitrogens with zero attached hydrogens (tertiary/aromatic N) is 3. The number of anilines is 1. The van der Waals surface area contributed by atoms with Crippen molar-refractivity contribution >= 4 is 28.3 Å². The Balaban J connectivity index is 2.48. The molecule has 164 valence electrons. The fourth-order valence-corrected chi connectivity index (χ4v) is 3.48. The maximum atomic E-state index is 13.5. The topological polar surface area (TPSA) is 134 Å². The first kappa shape index (κ1) is 23.8. The SMILES string of the molecule is C=C[C@H](O)C(C)COc1c(S(=O)(=O)N=C)cn(C)c1C(=O)Nc1ccc(F)c(C#N)c1.